The summed E-state index contributed by atoms with van der Waals surface area (Å²) in [6.45, 7) is 0.488. The fourth-order valence-corrected chi connectivity index (χ4v) is 4.24. The summed E-state index contributed by atoms with van der Waals surface area (Å²) in [6.07, 6.45) is 3.90. The lowest BCUT2D eigenvalue weighted by Crippen LogP contribution is -2.35. The lowest BCUT2D eigenvalue weighted by Gasteiger charge is -2.18. The molecule has 6 rings (SSSR count). The molecule has 0 fully saturated rings. The predicted molar refractivity (Wildman–Crippen MR) is 134 cm³/mol. The summed E-state index contributed by atoms with van der Waals surface area (Å²) in [5.74, 6) is 0.826. The molecule has 10 nitrogen and oxygen atoms in total. The summed E-state index contributed by atoms with van der Waals surface area (Å²) in [5, 5.41) is 12.7. The van der Waals surface area contributed by atoms with Gasteiger partial charge >= 0.3 is 0 Å². The van der Waals surface area contributed by atoms with Crippen molar-refractivity contribution in [1.82, 2.24) is 34.7 Å². The summed E-state index contributed by atoms with van der Waals surface area (Å²) in [5.41, 5.74) is 9.09. The Morgan fingerprint density at radius 2 is 1.75 bits per heavy atom. The molecule has 3 N–H and O–H groups in total. The zero-order valence-corrected chi connectivity index (χ0v) is 19.2. The second kappa shape index (κ2) is 8.99. The van der Waals surface area contributed by atoms with Gasteiger partial charge < -0.3 is 15.5 Å². The standard InChI is InChI=1S/C26H22N8O2/c27-26-31-24-19(23-30-22(32-34(23)26)20-12-7-15-36-20)16-29-33(24)21(18-10-5-2-6-11-18)25(35)28-14-13-17-8-3-1-4-9-17/h1-12,15-16,21H,13-14H2,(H2,27,31)(H,28,35). The maximum atomic E-state index is 13.5. The molecule has 1 amide bonds. The third-order valence-corrected chi connectivity index (χ3v) is 5.96. The minimum atomic E-state index is -0.749. The molecule has 1 atom stereocenters. The largest absolute Gasteiger partial charge is 0.461 e. The number of anilines is 1. The molecule has 4 aromatic heterocycles. The Bertz CT molecular complexity index is 1640. The Labute approximate surface area is 205 Å². The van der Waals surface area contributed by atoms with E-state index in [1.807, 2.05) is 60.7 Å². The van der Waals surface area contributed by atoms with E-state index in [-0.39, 0.29) is 11.9 Å². The first-order valence-corrected chi connectivity index (χ1v) is 11.5. The van der Waals surface area contributed by atoms with Crippen LogP contribution in [0.2, 0.25) is 0 Å². The molecule has 0 aliphatic rings. The normalized spacial score (nSPS) is 12.2. The Hall–Kier alpha value is -4.99. The van der Waals surface area contributed by atoms with Crippen LogP contribution in [0, 0.1) is 0 Å². The molecular weight excluding hydrogens is 456 g/mol. The fraction of sp³-hybridized carbons (Fsp3) is 0.115. The van der Waals surface area contributed by atoms with Gasteiger partial charge in [0.2, 0.25) is 17.7 Å². The maximum Gasteiger partial charge on any atom is 0.249 e. The second-order valence-corrected chi connectivity index (χ2v) is 8.28. The van der Waals surface area contributed by atoms with E-state index in [9.17, 15) is 4.79 Å². The highest BCUT2D eigenvalue weighted by molar-refractivity contribution is 5.92. The SMILES string of the molecule is Nc1nc2c(cnn2C(C(=O)NCCc2ccccc2)c2ccccc2)c2nc(-c3ccco3)nn12. The van der Waals surface area contributed by atoms with Crippen molar-refractivity contribution < 1.29 is 9.21 Å². The van der Waals surface area contributed by atoms with Gasteiger partial charge in [0.25, 0.3) is 0 Å². The van der Waals surface area contributed by atoms with Crippen molar-refractivity contribution in [3.8, 4) is 11.6 Å². The average Bonchev–Trinajstić information content (AvgIpc) is 3.66. The molecule has 0 saturated carbocycles. The zero-order valence-electron chi connectivity index (χ0n) is 19.2. The quantitative estimate of drug-likeness (QED) is 0.360. The monoisotopic (exact) mass is 478 g/mol. The molecule has 0 radical (unpaired) electrons. The van der Waals surface area contributed by atoms with Crippen molar-refractivity contribution in [2.24, 2.45) is 0 Å². The number of carbonyl (C=O) groups is 1. The Morgan fingerprint density at radius 1 is 0.972 bits per heavy atom. The van der Waals surface area contributed by atoms with E-state index in [0.717, 1.165) is 17.5 Å². The molecule has 36 heavy (non-hydrogen) atoms. The van der Waals surface area contributed by atoms with E-state index in [2.05, 4.69) is 25.5 Å². The molecule has 0 spiro atoms. The van der Waals surface area contributed by atoms with E-state index in [1.165, 1.54) is 4.52 Å². The smallest absolute Gasteiger partial charge is 0.249 e. The number of hydrogen-bond donors (Lipinski definition) is 2. The van der Waals surface area contributed by atoms with Gasteiger partial charge in [0.05, 0.1) is 17.8 Å². The van der Waals surface area contributed by atoms with Gasteiger partial charge in [-0.1, -0.05) is 60.7 Å². The van der Waals surface area contributed by atoms with E-state index in [4.69, 9.17) is 10.2 Å². The number of nitrogens with zero attached hydrogens (tertiary/aromatic N) is 6. The fourth-order valence-electron chi connectivity index (χ4n) is 4.24. The first-order chi connectivity index (χ1) is 17.7. The molecule has 1 unspecified atom stereocenters. The van der Waals surface area contributed by atoms with E-state index in [0.29, 0.717) is 34.8 Å². The van der Waals surface area contributed by atoms with Crippen molar-refractivity contribution in [2.45, 2.75) is 12.5 Å². The van der Waals surface area contributed by atoms with Crippen LogP contribution in [0.3, 0.4) is 0 Å². The first kappa shape index (κ1) is 21.5. The van der Waals surface area contributed by atoms with Gasteiger partial charge in [-0.2, -0.15) is 14.6 Å². The molecule has 0 aliphatic heterocycles. The second-order valence-electron chi connectivity index (χ2n) is 8.28. The summed E-state index contributed by atoms with van der Waals surface area (Å²) in [7, 11) is 0. The number of hydrogen-bond acceptors (Lipinski definition) is 7. The number of fused-ring (bicyclic) bond motifs is 3. The highest BCUT2D eigenvalue weighted by atomic mass is 16.3. The number of nitrogen functional groups attached to an aromatic ring is 1. The minimum Gasteiger partial charge on any atom is -0.461 e. The summed E-state index contributed by atoms with van der Waals surface area (Å²) < 4.78 is 8.46. The summed E-state index contributed by atoms with van der Waals surface area (Å²) in [4.78, 5) is 22.7. The molecule has 0 aliphatic carbocycles. The molecule has 178 valence electrons. The third-order valence-electron chi connectivity index (χ3n) is 5.96. The van der Waals surface area contributed by atoms with E-state index >= 15 is 0 Å². The number of nitrogens with one attached hydrogen (secondary N) is 1. The maximum absolute atomic E-state index is 13.5. The highest BCUT2D eigenvalue weighted by Gasteiger charge is 2.27. The molecule has 10 heteroatoms. The summed E-state index contributed by atoms with van der Waals surface area (Å²) in [6, 6.07) is 22.3. The van der Waals surface area contributed by atoms with Crippen LogP contribution in [-0.2, 0) is 11.2 Å². The van der Waals surface area contributed by atoms with Crippen molar-refractivity contribution in [3.05, 3.63) is 96.4 Å². The number of benzene rings is 2. The van der Waals surface area contributed by atoms with Crippen molar-refractivity contribution >= 4 is 28.5 Å². The molecule has 0 bridgehead atoms. The molecule has 2 aromatic carbocycles. The van der Waals surface area contributed by atoms with Crippen LogP contribution in [0.15, 0.2) is 89.7 Å². The van der Waals surface area contributed by atoms with Gasteiger partial charge in [0, 0.05) is 6.54 Å². The molecular formula is C26H22N8O2. The average molecular weight is 479 g/mol. The van der Waals surface area contributed by atoms with Gasteiger partial charge in [-0.25, -0.2) is 9.67 Å². The molecule has 6 aromatic rings. The van der Waals surface area contributed by atoms with Crippen LogP contribution in [0.25, 0.3) is 28.3 Å². The topological polar surface area (TPSA) is 129 Å². The molecule has 0 saturated heterocycles. The van der Waals surface area contributed by atoms with Crippen LogP contribution in [-0.4, -0.2) is 41.8 Å². The minimum absolute atomic E-state index is 0.126. The van der Waals surface area contributed by atoms with Gasteiger partial charge in [-0.05, 0) is 29.7 Å². The number of amides is 1. The van der Waals surface area contributed by atoms with E-state index in [1.54, 1.807) is 29.3 Å². The van der Waals surface area contributed by atoms with Crippen molar-refractivity contribution in [3.63, 3.8) is 0 Å². The number of rotatable bonds is 7. The van der Waals surface area contributed by atoms with Gasteiger partial charge in [0.15, 0.2) is 23.1 Å². The third kappa shape index (κ3) is 3.84. The van der Waals surface area contributed by atoms with Crippen LogP contribution < -0.4 is 11.1 Å². The Balaban J connectivity index is 1.39. The predicted octanol–water partition coefficient (Wildman–Crippen LogP) is 3.26. The van der Waals surface area contributed by atoms with Crippen LogP contribution in [0.1, 0.15) is 17.2 Å². The lowest BCUT2D eigenvalue weighted by molar-refractivity contribution is -0.123. The van der Waals surface area contributed by atoms with Crippen molar-refractivity contribution in [2.75, 3.05) is 12.3 Å². The molecule has 4 heterocycles. The van der Waals surface area contributed by atoms with Crippen LogP contribution >= 0.6 is 0 Å². The van der Waals surface area contributed by atoms with Crippen LogP contribution in [0.4, 0.5) is 5.95 Å². The Morgan fingerprint density at radius 3 is 2.50 bits per heavy atom. The highest BCUT2D eigenvalue weighted by Crippen LogP contribution is 2.27. The van der Waals surface area contributed by atoms with Crippen LogP contribution in [0.5, 0.6) is 0 Å². The number of carbonyl (C=O) groups excluding carboxylic acids is 1. The van der Waals surface area contributed by atoms with Gasteiger partial charge in [0.1, 0.15) is 0 Å². The first-order valence-electron chi connectivity index (χ1n) is 11.5. The lowest BCUT2D eigenvalue weighted by atomic mass is 10.1. The van der Waals surface area contributed by atoms with Gasteiger partial charge in [-0.15, -0.1) is 5.10 Å². The number of aromatic nitrogens is 6. The number of furan rings is 1. The van der Waals surface area contributed by atoms with Gasteiger partial charge in [-0.3, -0.25) is 4.79 Å². The zero-order chi connectivity index (χ0) is 24.5. The Kier molecular flexibility index (Phi) is 5.38. The van der Waals surface area contributed by atoms with Crippen molar-refractivity contribution in [1.29, 1.82) is 0 Å². The number of nitrogens with two attached hydrogens (primary N) is 1. The van der Waals surface area contributed by atoms with E-state index < -0.39 is 6.04 Å². The summed E-state index contributed by atoms with van der Waals surface area (Å²) >= 11 is 0.